The van der Waals surface area contributed by atoms with Crippen LogP contribution in [-0.4, -0.2) is 34.2 Å². The Hall–Kier alpha value is -2.45. The Balaban J connectivity index is 0.00000576. The van der Waals surface area contributed by atoms with Crippen molar-refractivity contribution >= 4 is 17.9 Å². The zero-order valence-corrected chi connectivity index (χ0v) is 14.8. The molecule has 1 unspecified atom stereocenters. The van der Waals surface area contributed by atoms with Gasteiger partial charge in [0.25, 0.3) is 0 Å². The van der Waals surface area contributed by atoms with Gasteiger partial charge in [-0.2, -0.15) is 0 Å². The largest absolute Gasteiger partial charge is 0.479 e. The molecule has 0 fully saturated rings. The zero-order chi connectivity index (χ0) is 18.4. The summed E-state index contributed by atoms with van der Waals surface area (Å²) in [6.07, 6.45) is -0.722. The molecule has 6 N–H and O–H groups in total. The monoisotopic (exact) mass is 354 g/mol. The van der Waals surface area contributed by atoms with Crippen molar-refractivity contribution in [3.8, 4) is 0 Å². The van der Waals surface area contributed by atoms with Crippen LogP contribution in [0.25, 0.3) is 0 Å². The minimum absolute atomic E-state index is 0. The average molecular weight is 354 g/mol. The van der Waals surface area contributed by atoms with Crippen molar-refractivity contribution < 1.29 is 29.0 Å². The van der Waals surface area contributed by atoms with E-state index >= 15 is 0 Å². The molecule has 1 aromatic carbocycles. The summed E-state index contributed by atoms with van der Waals surface area (Å²) in [6.45, 7) is 4.86. The average Bonchev–Trinajstić information content (AvgIpc) is 2.49. The van der Waals surface area contributed by atoms with E-state index in [1.807, 2.05) is 6.07 Å². The van der Waals surface area contributed by atoms with Crippen LogP contribution in [0.15, 0.2) is 30.3 Å². The lowest BCUT2D eigenvalue weighted by Crippen LogP contribution is -2.57. The van der Waals surface area contributed by atoms with Crippen LogP contribution >= 0.6 is 0 Å². The molecule has 0 spiro atoms. The second-order valence-corrected chi connectivity index (χ2v) is 6.42. The highest BCUT2D eigenvalue weighted by Gasteiger charge is 2.45. The van der Waals surface area contributed by atoms with Gasteiger partial charge in [-0.25, -0.2) is 9.59 Å². The van der Waals surface area contributed by atoms with E-state index in [2.05, 4.69) is 0 Å². The van der Waals surface area contributed by atoms with Crippen LogP contribution in [0, 0.1) is 0 Å². The van der Waals surface area contributed by atoms with Crippen LogP contribution in [0.2, 0.25) is 0 Å². The molecule has 0 aliphatic carbocycles. The Bertz CT molecular complexity index is 597. The van der Waals surface area contributed by atoms with Crippen LogP contribution in [0.4, 0.5) is 0 Å². The van der Waals surface area contributed by atoms with Gasteiger partial charge in [0.2, 0.25) is 5.54 Å². The number of aliphatic carboxylic acids is 1. The normalized spacial score (nSPS) is 13.1. The fraction of sp³-hybridized carbons (Fsp3) is 0.471. The molecule has 0 aromatic heterocycles. The Labute approximate surface area is 146 Å². The number of carbonyl (C=O) groups is 3. The molecule has 0 amide bonds. The lowest BCUT2D eigenvalue weighted by Gasteiger charge is -2.27. The molecule has 0 radical (unpaired) electrons. The van der Waals surface area contributed by atoms with E-state index in [0.29, 0.717) is 0 Å². The van der Waals surface area contributed by atoms with Crippen LogP contribution in [0.3, 0.4) is 0 Å². The van der Waals surface area contributed by atoms with Gasteiger partial charge in [0.05, 0.1) is 0 Å². The maximum absolute atomic E-state index is 12.0. The number of hydrogen-bond donors (Lipinski definition) is 3. The topological polar surface area (TPSA) is 151 Å². The summed E-state index contributed by atoms with van der Waals surface area (Å²) >= 11 is 0. The van der Waals surface area contributed by atoms with Crippen molar-refractivity contribution in [1.29, 1.82) is 0 Å². The number of hydrogen-bond acceptors (Lipinski definition) is 7. The second kappa shape index (κ2) is 9.14. The molecule has 1 rings (SSSR count). The van der Waals surface area contributed by atoms with Gasteiger partial charge >= 0.3 is 17.9 Å². The van der Waals surface area contributed by atoms with Crippen molar-refractivity contribution in [2.24, 2.45) is 5.73 Å². The lowest BCUT2D eigenvalue weighted by atomic mass is 9.94. The zero-order valence-electron chi connectivity index (χ0n) is 14.8. The maximum Gasteiger partial charge on any atom is 0.338 e. The van der Waals surface area contributed by atoms with Gasteiger partial charge in [-0.3, -0.25) is 4.79 Å². The fourth-order valence-corrected chi connectivity index (χ4v) is 1.77. The van der Waals surface area contributed by atoms with Crippen LogP contribution in [0.1, 0.15) is 39.2 Å². The van der Waals surface area contributed by atoms with E-state index in [-0.39, 0.29) is 19.2 Å². The highest BCUT2D eigenvalue weighted by molar-refractivity contribution is 6.04. The van der Waals surface area contributed by atoms with Crippen LogP contribution in [0.5, 0.6) is 0 Å². The summed E-state index contributed by atoms with van der Waals surface area (Å²) in [5.41, 5.74) is 3.29. The molecule has 0 heterocycles. The molecular weight excluding hydrogens is 328 g/mol. The Morgan fingerprint density at radius 2 is 1.68 bits per heavy atom. The minimum Gasteiger partial charge on any atom is -0.479 e. The first-order valence-electron chi connectivity index (χ1n) is 7.50. The number of benzene rings is 1. The number of rotatable bonds is 7. The highest BCUT2D eigenvalue weighted by atomic mass is 16.6. The van der Waals surface area contributed by atoms with Crippen molar-refractivity contribution in [1.82, 2.24) is 6.15 Å². The summed E-state index contributed by atoms with van der Waals surface area (Å²) in [4.78, 5) is 35.2. The lowest BCUT2D eigenvalue weighted by molar-refractivity contribution is -0.169. The molecule has 0 aliphatic rings. The van der Waals surface area contributed by atoms with Crippen molar-refractivity contribution in [2.75, 3.05) is 0 Å². The molecule has 140 valence electrons. The van der Waals surface area contributed by atoms with Gasteiger partial charge in [0, 0.05) is 6.42 Å². The standard InChI is InChI=1S/C17H23NO6.H3N/c1-16(2,3)24-15(22)17(18,14(20)21)10-9-13(19)23-11-12-7-5-4-6-8-12;/h4-8H,9-11,18H2,1-3H3,(H,20,21);1H3. The third-order valence-corrected chi connectivity index (χ3v) is 3.11. The second-order valence-electron chi connectivity index (χ2n) is 6.42. The number of carboxylic acids is 1. The van der Waals surface area contributed by atoms with E-state index in [1.54, 1.807) is 45.0 Å². The van der Waals surface area contributed by atoms with E-state index < -0.39 is 35.5 Å². The van der Waals surface area contributed by atoms with Crippen molar-refractivity contribution in [3.63, 3.8) is 0 Å². The van der Waals surface area contributed by atoms with Gasteiger partial charge in [0.1, 0.15) is 12.2 Å². The number of carbonyl (C=O) groups excluding carboxylic acids is 2. The summed E-state index contributed by atoms with van der Waals surface area (Å²) in [5, 5.41) is 9.24. The molecule has 0 saturated heterocycles. The third-order valence-electron chi connectivity index (χ3n) is 3.11. The molecule has 0 saturated carbocycles. The fourth-order valence-electron chi connectivity index (χ4n) is 1.77. The van der Waals surface area contributed by atoms with E-state index in [4.69, 9.17) is 15.2 Å². The van der Waals surface area contributed by atoms with Gasteiger partial charge < -0.3 is 26.5 Å². The Morgan fingerprint density at radius 1 is 1.12 bits per heavy atom. The molecule has 8 heteroatoms. The summed E-state index contributed by atoms with van der Waals surface area (Å²) in [7, 11) is 0. The Morgan fingerprint density at radius 3 is 2.16 bits per heavy atom. The molecule has 25 heavy (non-hydrogen) atoms. The number of carboxylic acid groups (broad SMARTS) is 1. The SMILES string of the molecule is CC(C)(C)OC(=O)C(N)(CCC(=O)OCc1ccccc1)C(=O)O.N. The molecule has 0 aliphatic heterocycles. The smallest absolute Gasteiger partial charge is 0.338 e. The van der Waals surface area contributed by atoms with Gasteiger partial charge in [-0.15, -0.1) is 0 Å². The quantitative estimate of drug-likeness (QED) is 0.495. The summed E-state index contributed by atoms with van der Waals surface area (Å²) < 4.78 is 10.1. The van der Waals surface area contributed by atoms with Crippen LogP contribution in [-0.2, 0) is 30.5 Å². The highest BCUT2D eigenvalue weighted by Crippen LogP contribution is 2.18. The van der Waals surface area contributed by atoms with E-state index in [9.17, 15) is 19.5 Å². The summed E-state index contributed by atoms with van der Waals surface area (Å²) in [6, 6.07) is 9.03. The van der Waals surface area contributed by atoms with Crippen molar-refractivity contribution in [3.05, 3.63) is 35.9 Å². The first-order valence-corrected chi connectivity index (χ1v) is 7.50. The Kier molecular flexibility index (Phi) is 8.25. The van der Waals surface area contributed by atoms with E-state index in [0.717, 1.165) is 5.56 Å². The summed E-state index contributed by atoms with van der Waals surface area (Å²) in [5.74, 6) is -3.27. The number of esters is 2. The number of nitrogens with two attached hydrogens (primary N) is 1. The molecule has 0 bridgehead atoms. The van der Waals surface area contributed by atoms with Gasteiger partial charge in [-0.05, 0) is 32.8 Å². The minimum atomic E-state index is -2.29. The molecule has 1 aromatic rings. The first-order chi connectivity index (χ1) is 11.0. The van der Waals surface area contributed by atoms with Crippen LogP contribution < -0.4 is 11.9 Å². The first kappa shape index (κ1) is 22.6. The van der Waals surface area contributed by atoms with E-state index in [1.165, 1.54) is 0 Å². The van der Waals surface area contributed by atoms with Crippen molar-refractivity contribution in [2.45, 2.75) is 51.4 Å². The van der Waals surface area contributed by atoms with Gasteiger partial charge in [0.15, 0.2) is 0 Å². The molecule has 8 nitrogen and oxygen atoms in total. The predicted octanol–water partition coefficient (Wildman–Crippen LogP) is 1.80. The third kappa shape index (κ3) is 7.32. The molecular formula is C17H26N2O6. The van der Waals surface area contributed by atoms with Gasteiger partial charge in [-0.1, -0.05) is 30.3 Å². The molecule has 1 atom stereocenters. The maximum atomic E-state index is 12.0. The predicted molar refractivity (Wildman–Crippen MR) is 90.9 cm³/mol. The number of ether oxygens (including phenoxy) is 2.